The van der Waals surface area contributed by atoms with Crippen LogP contribution >= 0.6 is 0 Å². The fourth-order valence-electron chi connectivity index (χ4n) is 2.42. The summed E-state index contributed by atoms with van der Waals surface area (Å²) in [7, 11) is 0. The first-order valence-electron chi connectivity index (χ1n) is 6.24. The van der Waals surface area contributed by atoms with Crippen LogP contribution in [0.3, 0.4) is 0 Å². The summed E-state index contributed by atoms with van der Waals surface area (Å²) in [5, 5.41) is 0.317. The van der Waals surface area contributed by atoms with Gasteiger partial charge in [-0.3, -0.25) is 4.79 Å². The summed E-state index contributed by atoms with van der Waals surface area (Å²) in [5.74, 6) is -0.649. The van der Waals surface area contributed by atoms with Crippen molar-refractivity contribution in [3.8, 4) is 0 Å². The van der Waals surface area contributed by atoms with E-state index in [1.165, 1.54) is 12.3 Å². The Labute approximate surface area is 115 Å². The molecule has 0 aliphatic rings. The van der Waals surface area contributed by atoms with Crippen LogP contribution in [0.2, 0.25) is 0 Å². The predicted molar refractivity (Wildman–Crippen MR) is 77.3 cm³/mol. The molecular weight excluding hydrogens is 255 g/mol. The van der Waals surface area contributed by atoms with Crippen LogP contribution in [0.4, 0.5) is 10.1 Å². The first-order valence-corrected chi connectivity index (χ1v) is 6.24. The Morgan fingerprint density at radius 1 is 1.25 bits per heavy atom. The van der Waals surface area contributed by atoms with Crippen molar-refractivity contribution in [2.45, 2.75) is 6.92 Å². The second kappa shape index (κ2) is 4.49. The zero-order valence-corrected chi connectivity index (χ0v) is 10.9. The van der Waals surface area contributed by atoms with Crippen LogP contribution in [0.5, 0.6) is 0 Å². The Balaban J connectivity index is 2.18. The van der Waals surface area contributed by atoms with Gasteiger partial charge in [0.1, 0.15) is 5.82 Å². The largest absolute Gasteiger partial charge is 0.399 e. The lowest BCUT2D eigenvalue weighted by atomic mass is 10.0. The highest BCUT2D eigenvalue weighted by atomic mass is 19.1. The highest BCUT2D eigenvalue weighted by Crippen LogP contribution is 2.25. The van der Waals surface area contributed by atoms with Crippen molar-refractivity contribution in [3.05, 3.63) is 65.1 Å². The Bertz CT molecular complexity index is 800. The molecule has 1 heterocycles. The second-order valence-electron chi connectivity index (χ2n) is 4.83. The Morgan fingerprint density at radius 3 is 2.80 bits per heavy atom. The lowest BCUT2D eigenvalue weighted by Gasteiger charge is -2.04. The smallest absolute Gasteiger partial charge is 0.195 e. The Hall–Kier alpha value is -2.62. The van der Waals surface area contributed by atoms with Gasteiger partial charge < -0.3 is 10.7 Å². The van der Waals surface area contributed by atoms with Crippen LogP contribution in [-0.2, 0) is 0 Å². The number of nitrogens with two attached hydrogens (primary N) is 1. The van der Waals surface area contributed by atoms with Crippen LogP contribution in [0.15, 0.2) is 42.6 Å². The van der Waals surface area contributed by atoms with E-state index in [2.05, 4.69) is 4.98 Å². The number of aromatic amines is 1. The summed E-state index contributed by atoms with van der Waals surface area (Å²) in [6.45, 7) is 1.86. The molecule has 0 bridgehead atoms. The van der Waals surface area contributed by atoms with Gasteiger partial charge in [0.05, 0.1) is 5.56 Å². The zero-order chi connectivity index (χ0) is 14.3. The van der Waals surface area contributed by atoms with Gasteiger partial charge in [-0.1, -0.05) is 6.07 Å². The number of carbonyl (C=O) groups is 1. The molecule has 0 unspecified atom stereocenters. The third-order valence-corrected chi connectivity index (χ3v) is 3.26. The van der Waals surface area contributed by atoms with Gasteiger partial charge in [-0.25, -0.2) is 4.39 Å². The average molecular weight is 268 g/mol. The standard InChI is InChI=1S/C16H13FN2O/c1-9-5-10(7-11(18)6-9)16(20)12-8-19-14-4-2-3-13(17)15(12)14/h2-8,19H,18H2,1H3. The summed E-state index contributed by atoms with van der Waals surface area (Å²) in [6, 6.07) is 9.82. The van der Waals surface area contributed by atoms with Gasteiger partial charge in [0, 0.05) is 28.4 Å². The monoisotopic (exact) mass is 268 g/mol. The molecule has 3 aromatic rings. The molecule has 3 nitrogen and oxygen atoms in total. The molecule has 0 aliphatic carbocycles. The third kappa shape index (κ3) is 1.95. The maximum absolute atomic E-state index is 13.9. The fourth-order valence-corrected chi connectivity index (χ4v) is 2.42. The normalized spacial score (nSPS) is 10.9. The molecule has 1 aromatic heterocycles. The zero-order valence-electron chi connectivity index (χ0n) is 10.9. The molecule has 0 radical (unpaired) electrons. The SMILES string of the molecule is Cc1cc(N)cc(C(=O)c2c[nH]c3cccc(F)c23)c1. The van der Waals surface area contributed by atoms with Gasteiger partial charge in [-0.05, 0) is 42.8 Å². The maximum Gasteiger partial charge on any atom is 0.195 e. The number of carbonyl (C=O) groups excluding carboxylic acids is 1. The molecule has 3 N–H and O–H groups in total. The number of aromatic nitrogens is 1. The molecule has 0 aliphatic heterocycles. The van der Waals surface area contributed by atoms with Gasteiger partial charge >= 0.3 is 0 Å². The summed E-state index contributed by atoms with van der Waals surface area (Å²) in [4.78, 5) is 15.5. The number of rotatable bonds is 2. The van der Waals surface area contributed by atoms with E-state index in [0.717, 1.165) is 5.56 Å². The van der Waals surface area contributed by atoms with Crippen molar-refractivity contribution >= 4 is 22.4 Å². The second-order valence-corrected chi connectivity index (χ2v) is 4.83. The number of nitrogen functional groups attached to an aromatic ring is 1. The van der Waals surface area contributed by atoms with Crippen molar-refractivity contribution < 1.29 is 9.18 Å². The highest BCUT2D eigenvalue weighted by molar-refractivity contribution is 6.16. The molecule has 0 fully saturated rings. The summed E-state index contributed by atoms with van der Waals surface area (Å²) < 4.78 is 13.9. The number of benzene rings is 2. The number of aryl methyl sites for hydroxylation is 1. The molecule has 0 saturated heterocycles. The number of ketones is 1. The van der Waals surface area contributed by atoms with E-state index in [0.29, 0.717) is 27.7 Å². The van der Waals surface area contributed by atoms with Gasteiger partial charge in [-0.15, -0.1) is 0 Å². The minimum atomic E-state index is -0.410. The lowest BCUT2D eigenvalue weighted by Crippen LogP contribution is -2.02. The first-order chi connectivity index (χ1) is 9.56. The van der Waals surface area contributed by atoms with E-state index in [1.807, 2.05) is 6.92 Å². The minimum Gasteiger partial charge on any atom is -0.399 e. The molecule has 100 valence electrons. The van der Waals surface area contributed by atoms with Crippen molar-refractivity contribution in [2.24, 2.45) is 0 Å². The quantitative estimate of drug-likeness (QED) is 0.552. The molecule has 4 heteroatoms. The maximum atomic E-state index is 13.9. The number of hydrogen-bond donors (Lipinski definition) is 2. The molecule has 0 saturated carbocycles. The van der Waals surface area contributed by atoms with E-state index in [4.69, 9.17) is 5.73 Å². The molecule has 20 heavy (non-hydrogen) atoms. The topological polar surface area (TPSA) is 58.9 Å². The summed E-state index contributed by atoms with van der Waals surface area (Å²) >= 11 is 0. The fraction of sp³-hybridized carbons (Fsp3) is 0.0625. The molecule has 0 atom stereocenters. The number of hydrogen-bond acceptors (Lipinski definition) is 2. The molecular formula is C16H13FN2O. The van der Waals surface area contributed by atoms with E-state index >= 15 is 0 Å². The Morgan fingerprint density at radius 2 is 2.05 bits per heavy atom. The highest BCUT2D eigenvalue weighted by Gasteiger charge is 2.17. The molecule has 0 spiro atoms. The van der Waals surface area contributed by atoms with Gasteiger partial charge in [0.15, 0.2) is 5.78 Å². The number of halogens is 1. The predicted octanol–water partition coefficient (Wildman–Crippen LogP) is 3.43. The van der Waals surface area contributed by atoms with Crippen LogP contribution < -0.4 is 5.73 Å². The van der Waals surface area contributed by atoms with Crippen LogP contribution in [0.25, 0.3) is 10.9 Å². The van der Waals surface area contributed by atoms with Crippen molar-refractivity contribution in [3.63, 3.8) is 0 Å². The van der Waals surface area contributed by atoms with Crippen molar-refractivity contribution in [1.29, 1.82) is 0 Å². The van der Waals surface area contributed by atoms with E-state index in [9.17, 15) is 9.18 Å². The van der Waals surface area contributed by atoms with Crippen molar-refractivity contribution in [2.75, 3.05) is 5.73 Å². The number of H-pyrrole nitrogens is 1. The molecule has 2 aromatic carbocycles. The lowest BCUT2D eigenvalue weighted by molar-refractivity contribution is 0.104. The summed E-state index contributed by atoms with van der Waals surface area (Å²) in [6.07, 6.45) is 1.54. The van der Waals surface area contributed by atoms with Crippen LogP contribution in [-0.4, -0.2) is 10.8 Å². The average Bonchev–Trinajstić information content (AvgIpc) is 2.82. The van der Waals surface area contributed by atoms with Gasteiger partial charge in [-0.2, -0.15) is 0 Å². The number of nitrogens with one attached hydrogen (secondary N) is 1. The molecule has 3 rings (SSSR count). The summed E-state index contributed by atoms with van der Waals surface area (Å²) in [5.41, 5.74) is 8.57. The molecule has 0 amide bonds. The van der Waals surface area contributed by atoms with Gasteiger partial charge in [0.25, 0.3) is 0 Å². The first kappa shape index (κ1) is 12.4. The van der Waals surface area contributed by atoms with Crippen LogP contribution in [0.1, 0.15) is 21.5 Å². The van der Waals surface area contributed by atoms with E-state index in [1.54, 1.807) is 30.3 Å². The minimum absolute atomic E-state index is 0.239. The van der Waals surface area contributed by atoms with Crippen molar-refractivity contribution in [1.82, 2.24) is 4.98 Å². The van der Waals surface area contributed by atoms with Gasteiger partial charge in [0.2, 0.25) is 0 Å². The Kier molecular flexibility index (Phi) is 2.79. The van der Waals surface area contributed by atoms with Crippen LogP contribution in [0, 0.1) is 12.7 Å². The number of anilines is 1. The van der Waals surface area contributed by atoms with E-state index in [-0.39, 0.29) is 5.78 Å². The van der Waals surface area contributed by atoms with E-state index < -0.39 is 5.82 Å². The third-order valence-electron chi connectivity index (χ3n) is 3.26. The number of fused-ring (bicyclic) bond motifs is 1.